The zero-order valence-corrected chi connectivity index (χ0v) is 11.9. The first kappa shape index (κ1) is 17.6. The number of nitrogens with zero attached hydrogens (tertiary/aromatic N) is 1. The standard InChI is InChI=1S/C10H22N2O2.C2H6/c1-6-12(8-7-11-5)9(13)14-10(2,3)4;1-2/h11H,6-8H2,1-5H3;1-2H3. The molecule has 0 spiro atoms. The van der Waals surface area contributed by atoms with Crippen LogP contribution >= 0.6 is 0 Å². The summed E-state index contributed by atoms with van der Waals surface area (Å²) in [4.78, 5) is 13.3. The van der Waals surface area contributed by atoms with E-state index in [1.54, 1.807) is 4.90 Å². The van der Waals surface area contributed by atoms with Crippen molar-refractivity contribution in [3.63, 3.8) is 0 Å². The molecule has 0 atom stereocenters. The molecule has 16 heavy (non-hydrogen) atoms. The third-order valence-corrected chi connectivity index (χ3v) is 1.67. The summed E-state index contributed by atoms with van der Waals surface area (Å²) in [6.45, 7) is 13.7. The number of ether oxygens (including phenoxy) is 1. The van der Waals surface area contributed by atoms with Crippen LogP contribution in [0, 0.1) is 0 Å². The molecule has 0 aliphatic carbocycles. The van der Waals surface area contributed by atoms with Gasteiger partial charge in [-0.25, -0.2) is 4.79 Å². The molecule has 4 nitrogen and oxygen atoms in total. The molecule has 0 aromatic rings. The Kier molecular flexibility index (Phi) is 10.4. The number of carbonyl (C=O) groups is 1. The number of likely N-dealkylation sites (N-methyl/N-ethyl adjacent to an activating group) is 2. The van der Waals surface area contributed by atoms with Crippen LogP contribution in [0.5, 0.6) is 0 Å². The molecule has 0 aliphatic rings. The lowest BCUT2D eigenvalue weighted by Gasteiger charge is -2.26. The summed E-state index contributed by atoms with van der Waals surface area (Å²) in [6, 6.07) is 0. The van der Waals surface area contributed by atoms with Gasteiger partial charge in [0.2, 0.25) is 0 Å². The second kappa shape index (κ2) is 9.46. The number of nitrogens with one attached hydrogen (secondary N) is 1. The van der Waals surface area contributed by atoms with E-state index in [-0.39, 0.29) is 6.09 Å². The summed E-state index contributed by atoms with van der Waals surface area (Å²) < 4.78 is 5.25. The van der Waals surface area contributed by atoms with Crippen LogP contribution in [-0.4, -0.2) is 43.3 Å². The van der Waals surface area contributed by atoms with Crippen molar-refractivity contribution in [2.24, 2.45) is 0 Å². The van der Waals surface area contributed by atoms with E-state index in [2.05, 4.69) is 5.32 Å². The highest BCUT2D eigenvalue weighted by molar-refractivity contribution is 5.68. The topological polar surface area (TPSA) is 41.6 Å². The highest BCUT2D eigenvalue weighted by Gasteiger charge is 2.20. The maximum absolute atomic E-state index is 11.6. The third kappa shape index (κ3) is 9.77. The molecule has 0 unspecified atom stereocenters. The summed E-state index contributed by atoms with van der Waals surface area (Å²) in [5.41, 5.74) is -0.413. The zero-order chi connectivity index (χ0) is 13.2. The van der Waals surface area contributed by atoms with Crippen LogP contribution in [0.15, 0.2) is 0 Å². The Morgan fingerprint density at radius 3 is 2.12 bits per heavy atom. The Balaban J connectivity index is 0. The first-order valence-corrected chi connectivity index (χ1v) is 6.03. The van der Waals surface area contributed by atoms with Gasteiger partial charge in [0.25, 0.3) is 0 Å². The maximum atomic E-state index is 11.6. The molecule has 0 aromatic carbocycles. The van der Waals surface area contributed by atoms with Crippen molar-refractivity contribution in [1.82, 2.24) is 10.2 Å². The number of amides is 1. The molecule has 1 N–H and O–H groups in total. The molecule has 0 saturated heterocycles. The van der Waals surface area contributed by atoms with Crippen molar-refractivity contribution in [1.29, 1.82) is 0 Å². The van der Waals surface area contributed by atoms with Crippen molar-refractivity contribution in [2.45, 2.75) is 47.1 Å². The molecular formula is C12H28N2O2. The molecule has 4 heteroatoms. The Morgan fingerprint density at radius 1 is 1.31 bits per heavy atom. The van der Waals surface area contributed by atoms with Gasteiger partial charge in [0.1, 0.15) is 5.60 Å². The Hall–Kier alpha value is -0.770. The first-order chi connectivity index (χ1) is 7.40. The molecule has 0 radical (unpaired) electrons. The van der Waals surface area contributed by atoms with Crippen molar-refractivity contribution in [3.05, 3.63) is 0 Å². The van der Waals surface area contributed by atoms with Crippen LogP contribution in [0.3, 0.4) is 0 Å². The number of hydrogen-bond donors (Lipinski definition) is 1. The van der Waals surface area contributed by atoms with E-state index >= 15 is 0 Å². The van der Waals surface area contributed by atoms with Gasteiger partial charge in [0.15, 0.2) is 0 Å². The van der Waals surface area contributed by atoms with Crippen LogP contribution in [0.4, 0.5) is 4.79 Å². The number of hydrogen-bond acceptors (Lipinski definition) is 3. The highest BCUT2D eigenvalue weighted by atomic mass is 16.6. The minimum absolute atomic E-state index is 0.241. The van der Waals surface area contributed by atoms with Gasteiger partial charge in [-0.2, -0.15) is 0 Å². The van der Waals surface area contributed by atoms with E-state index in [0.29, 0.717) is 13.1 Å². The first-order valence-electron chi connectivity index (χ1n) is 6.03. The second-order valence-electron chi connectivity index (χ2n) is 4.16. The molecule has 0 fully saturated rings. The summed E-state index contributed by atoms with van der Waals surface area (Å²) in [7, 11) is 1.86. The lowest BCUT2D eigenvalue weighted by atomic mass is 10.2. The summed E-state index contributed by atoms with van der Waals surface area (Å²) in [6.07, 6.45) is -0.241. The van der Waals surface area contributed by atoms with E-state index in [0.717, 1.165) is 6.54 Å². The molecule has 1 amide bonds. The van der Waals surface area contributed by atoms with Crippen molar-refractivity contribution >= 4 is 6.09 Å². The fraction of sp³-hybridized carbons (Fsp3) is 0.917. The van der Waals surface area contributed by atoms with Gasteiger partial charge in [0.05, 0.1) is 0 Å². The molecule has 0 rings (SSSR count). The summed E-state index contributed by atoms with van der Waals surface area (Å²) in [5.74, 6) is 0. The fourth-order valence-electron chi connectivity index (χ4n) is 0.952. The van der Waals surface area contributed by atoms with Gasteiger partial charge in [-0.1, -0.05) is 13.8 Å². The van der Waals surface area contributed by atoms with Crippen LogP contribution < -0.4 is 5.32 Å². The zero-order valence-electron chi connectivity index (χ0n) is 11.9. The van der Waals surface area contributed by atoms with E-state index in [1.165, 1.54) is 0 Å². The van der Waals surface area contributed by atoms with Crippen LogP contribution in [-0.2, 0) is 4.74 Å². The molecule has 98 valence electrons. The quantitative estimate of drug-likeness (QED) is 0.809. The van der Waals surface area contributed by atoms with E-state index in [9.17, 15) is 4.79 Å². The van der Waals surface area contributed by atoms with Gasteiger partial charge in [-0.05, 0) is 34.7 Å². The average molecular weight is 232 g/mol. The Morgan fingerprint density at radius 2 is 1.81 bits per heavy atom. The van der Waals surface area contributed by atoms with Crippen molar-refractivity contribution in [2.75, 3.05) is 26.7 Å². The monoisotopic (exact) mass is 232 g/mol. The molecule has 0 heterocycles. The molecule has 0 bridgehead atoms. The number of carbonyl (C=O) groups excluding carboxylic acids is 1. The van der Waals surface area contributed by atoms with Gasteiger partial charge < -0.3 is 15.0 Å². The van der Waals surface area contributed by atoms with Gasteiger partial charge >= 0.3 is 6.09 Å². The van der Waals surface area contributed by atoms with E-state index in [1.807, 2.05) is 48.6 Å². The van der Waals surface area contributed by atoms with Crippen molar-refractivity contribution in [3.8, 4) is 0 Å². The van der Waals surface area contributed by atoms with Crippen LogP contribution in [0.2, 0.25) is 0 Å². The van der Waals surface area contributed by atoms with Gasteiger partial charge in [-0.15, -0.1) is 0 Å². The van der Waals surface area contributed by atoms with Gasteiger partial charge in [-0.3, -0.25) is 0 Å². The smallest absolute Gasteiger partial charge is 0.410 e. The molecule has 0 saturated carbocycles. The maximum Gasteiger partial charge on any atom is 0.410 e. The van der Waals surface area contributed by atoms with E-state index < -0.39 is 5.60 Å². The third-order valence-electron chi connectivity index (χ3n) is 1.67. The Labute approximate surface area is 100 Å². The lowest BCUT2D eigenvalue weighted by Crippen LogP contribution is -2.39. The average Bonchev–Trinajstić information content (AvgIpc) is 2.19. The van der Waals surface area contributed by atoms with Crippen LogP contribution in [0.1, 0.15) is 41.5 Å². The van der Waals surface area contributed by atoms with Gasteiger partial charge in [0, 0.05) is 19.6 Å². The summed E-state index contributed by atoms with van der Waals surface area (Å²) in [5, 5.41) is 3.00. The molecule has 0 aromatic heterocycles. The van der Waals surface area contributed by atoms with Crippen LogP contribution in [0.25, 0.3) is 0 Å². The minimum atomic E-state index is -0.413. The largest absolute Gasteiger partial charge is 0.444 e. The minimum Gasteiger partial charge on any atom is -0.444 e. The highest BCUT2D eigenvalue weighted by Crippen LogP contribution is 2.09. The normalized spacial score (nSPS) is 10.2. The SMILES string of the molecule is CC.CCN(CCNC)C(=O)OC(C)(C)C. The molecule has 0 aliphatic heterocycles. The van der Waals surface area contributed by atoms with E-state index in [4.69, 9.17) is 4.74 Å². The predicted octanol–water partition coefficient (Wildman–Crippen LogP) is 2.49. The summed E-state index contributed by atoms with van der Waals surface area (Å²) >= 11 is 0. The van der Waals surface area contributed by atoms with Crippen molar-refractivity contribution < 1.29 is 9.53 Å². The fourth-order valence-corrected chi connectivity index (χ4v) is 0.952. The number of rotatable bonds is 4. The molecular weight excluding hydrogens is 204 g/mol. The second-order valence-corrected chi connectivity index (χ2v) is 4.16. The predicted molar refractivity (Wildman–Crippen MR) is 68.8 cm³/mol. The Bertz CT molecular complexity index is 176. The lowest BCUT2D eigenvalue weighted by molar-refractivity contribution is 0.0263.